The van der Waals surface area contributed by atoms with Crippen molar-refractivity contribution in [3.05, 3.63) is 102 Å². The Balaban J connectivity index is 1.30. The zero-order valence-corrected chi connectivity index (χ0v) is 18.6. The summed E-state index contributed by atoms with van der Waals surface area (Å²) in [6, 6.07) is 15.8. The number of imidazole rings is 1. The van der Waals surface area contributed by atoms with Gasteiger partial charge >= 0.3 is 0 Å². The molecule has 0 aliphatic carbocycles. The number of carbonyl (C=O) groups is 2. The van der Waals surface area contributed by atoms with Crippen molar-refractivity contribution in [2.75, 3.05) is 5.32 Å². The molecule has 0 aliphatic rings. The van der Waals surface area contributed by atoms with E-state index in [0.717, 1.165) is 10.7 Å². The van der Waals surface area contributed by atoms with Gasteiger partial charge < -0.3 is 19.6 Å². The molecule has 0 spiro atoms. The number of nitrogens with zero attached hydrogens (tertiary/aromatic N) is 2. The van der Waals surface area contributed by atoms with Crippen LogP contribution >= 0.6 is 11.8 Å². The molecule has 0 bridgehead atoms. The summed E-state index contributed by atoms with van der Waals surface area (Å²) in [5.74, 6) is 0.393. The Morgan fingerprint density at radius 3 is 2.67 bits per heavy atom. The van der Waals surface area contributed by atoms with Gasteiger partial charge in [0.15, 0.2) is 10.9 Å². The van der Waals surface area contributed by atoms with Gasteiger partial charge in [0.05, 0.1) is 5.75 Å². The first kappa shape index (κ1) is 22.3. The van der Waals surface area contributed by atoms with Crippen LogP contribution in [0.1, 0.15) is 32.2 Å². The first-order chi connectivity index (χ1) is 16.0. The fraction of sp³-hybridized carbons (Fsp3) is 0.125. The molecule has 4 rings (SSSR count). The summed E-state index contributed by atoms with van der Waals surface area (Å²) < 4.78 is 20.6. The highest BCUT2D eigenvalue weighted by molar-refractivity contribution is 7.98. The van der Waals surface area contributed by atoms with Gasteiger partial charge in [0.2, 0.25) is 0 Å². The summed E-state index contributed by atoms with van der Waals surface area (Å²) in [6.45, 7) is 0.261. The van der Waals surface area contributed by atoms with E-state index in [0.29, 0.717) is 22.8 Å². The molecule has 0 aliphatic heterocycles. The number of anilines is 1. The van der Waals surface area contributed by atoms with Crippen LogP contribution in [0, 0.1) is 5.82 Å². The van der Waals surface area contributed by atoms with E-state index in [9.17, 15) is 14.0 Å². The molecule has 168 valence electrons. The molecule has 7 nitrogen and oxygen atoms in total. The van der Waals surface area contributed by atoms with Gasteiger partial charge in [0.25, 0.3) is 11.8 Å². The van der Waals surface area contributed by atoms with Crippen LogP contribution in [0.3, 0.4) is 0 Å². The van der Waals surface area contributed by atoms with Crippen LogP contribution in [-0.4, -0.2) is 21.4 Å². The smallest absolute Gasteiger partial charge is 0.287 e. The Labute approximate surface area is 194 Å². The standard InChI is InChI=1S/C24H21FN4O3S/c1-29-12-11-26-24(29)33-15-20-9-10-21(32-20)23(31)27-14-16-3-2-4-19(13-16)28-22(30)17-5-7-18(25)8-6-17/h2-13H,14-15H2,1H3,(H,27,31)(H,28,30). The van der Waals surface area contributed by atoms with E-state index in [2.05, 4.69) is 15.6 Å². The van der Waals surface area contributed by atoms with E-state index < -0.39 is 5.82 Å². The van der Waals surface area contributed by atoms with Gasteiger partial charge in [0.1, 0.15) is 11.6 Å². The molecule has 0 radical (unpaired) electrons. The Morgan fingerprint density at radius 1 is 1.09 bits per heavy atom. The third-order valence-corrected chi connectivity index (χ3v) is 5.83. The Morgan fingerprint density at radius 2 is 1.91 bits per heavy atom. The molecule has 2 aromatic carbocycles. The van der Waals surface area contributed by atoms with E-state index in [1.165, 1.54) is 36.0 Å². The Bertz CT molecular complexity index is 1270. The largest absolute Gasteiger partial charge is 0.455 e. The van der Waals surface area contributed by atoms with E-state index >= 15 is 0 Å². The summed E-state index contributed by atoms with van der Waals surface area (Å²) >= 11 is 1.52. The number of rotatable bonds is 8. The molecule has 2 aromatic heterocycles. The van der Waals surface area contributed by atoms with Gasteiger partial charge in [-0.1, -0.05) is 23.9 Å². The normalized spacial score (nSPS) is 10.7. The van der Waals surface area contributed by atoms with Gasteiger partial charge in [-0.3, -0.25) is 9.59 Å². The van der Waals surface area contributed by atoms with Crippen molar-refractivity contribution in [2.45, 2.75) is 17.5 Å². The van der Waals surface area contributed by atoms with Gasteiger partial charge in [-0.05, 0) is 54.1 Å². The van der Waals surface area contributed by atoms with Crippen LogP contribution in [-0.2, 0) is 19.3 Å². The molecule has 33 heavy (non-hydrogen) atoms. The van der Waals surface area contributed by atoms with Crippen LogP contribution in [0.4, 0.5) is 10.1 Å². The number of thioether (sulfide) groups is 1. The zero-order valence-electron chi connectivity index (χ0n) is 17.7. The van der Waals surface area contributed by atoms with E-state index in [1.54, 1.807) is 36.5 Å². The van der Waals surface area contributed by atoms with Crippen molar-refractivity contribution in [1.82, 2.24) is 14.9 Å². The second kappa shape index (κ2) is 10.2. The first-order valence-corrected chi connectivity index (χ1v) is 11.1. The number of hydrogen-bond acceptors (Lipinski definition) is 5. The number of aromatic nitrogens is 2. The average Bonchev–Trinajstić information content (AvgIpc) is 3.45. The quantitative estimate of drug-likeness (QED) is 0.371. The number of aryl methyl sites for hydroxylation is 1. The van der Waals surface area contributed by atoms with Crippen LogP contribution < -0.4 is 10.6 Å². The van der Waals surface area contributed by atoms with Crippen molar-refractivity contribution in [1.29, 1.82) is 0 Å². The summed E-state index contributed by atoms with van der Waals surface area (Å²) in [6.07, 6.45) is 3.60. The van der Waals surface area contributed by atoms with Crippen molar-refractivity contribution in [2.24, 2.45) is 7.05 Å². The number of amides is 2. The zero-order chi connectivity index (χ0) is 23.2. The molecule has 0 atom stereocenters. The second-order valence-electron chi connectivity index (χ2n) is 7.22. The maximum atomic E-state index is 13.0. The van der Waals surface area contributed by atoms with Crippen LogP contribution in [0.15, 0.2) is 82.6 Å². The number of furan rings is 1. The molecule has 0 saturated carbocycles. The van der Waals surface area contributed by atoms with Crippen molar-refractivity contribution >= 4 is 29.3 Å². The fourth-order valence-electron chi connectivity index (χ4n) is 3.04. The average molecular weight is 465 g/mol. The number of nitrogens with one attached hydrogen (secondary N) is 2. The topological polar surface area (TPSA) is 89.2 Å². The highest BCUT2D eigenvalue weighted by Gasteiger charge is 2.12. The predicted octanol–water partition coefficient (Wildman–Crippen LogP) is 4.63. The predicted molar refractivity (Wildman–Crippen MR) is 123 cm³/mol. The van der Waals surface area contributed by atoms with Gasteiger partial charge in [-0.25, -0.2) is 9.37 Å². The lowest BCUT2D eigenvalue weighted by molar-refractivity contribution is 0.0921. The van der Waals surface area contributed by atoms with Crippen molar-refractivity contribution in [3.8, 4) is 0 Å². The molecule has 4 aromatic rings. The fourth-order valence-corrected chi connectivity index (χ4v) is 3.86. The minimum Gasteiger partial charge on any atom is -0.455 e. The second-order valence-corrected chi connectivity index (χ2v) is 8.16. The number of benzene rings is 2. The highest BCUT2D eigenvalue weighted by atomic mass is 32.2. The van der Waals surface area contributed by atoms with Crippen LogP contribution in [0.2, 0.25) is 0 Å². The summed E-state index contributed by atoms with van der Waals surface area (Å²) in [5, 5.41) is 6.45. The number of carbonyl (C=O) groups excluding carboxylic acids is 2. The molecule has 2 N–H and O–H groups in total. The lowest BCUT2D eigenvalue weighted by Gasteiger charge is -2.08. The monoisotopic (exact) mass is 464 g/mol. The third-order valence-electron chi connectivity index (χ3n) is 4.75. The SMILES string of the molecule is Cn1ccnc1SCc1ccc(C(=O)NCc2cccc(NC(=O)c3ccc(F)cc3)c2)o1. The molecule has 2 heterocycles. The molecular weight excluding hydrogens is 443 g/mol. The number of hydrogen-bond donors (Lipinski definition) is 2. The minimum absolute atomic E-state index is 0.228. The van der Waals surface area contributed by atoms with Gasteiger partial charge in [0, 0.05) is 37.2 Å². The van der Waals surface area contributed by atoms with Crippen molar-refractivity contribution in [3.63, 3.8) is 0 Å². The molecular formula is C24H21FN4O3S. The third kappa shape index (κ3) is 5.89. The minimum atomic E-state index is -0.403. The van der Waals surface area contributed by atoms with Gasteiger partial charge in [-0.15, -0.1) is 0 Å². The Kier molecular flexibility index (Phi) is 6.89. The summed E-state index contributed by atoms with van der Waals surface area (Å²) in [4.78, 5) is 29.0. The molecule has 0 fully saturated rings. The van der Waals surface area contributed by atoms with Crippen LogP contribution in [0.5, 0.6) is 0 Å². The van der Waals surface area contributed by atoms with Gasteiger partial charge in [-0.2, -0.15) is 0 Å². The molecule has 0 saturated heterocycles. The molecule has 2 amide bonds. The van der Waals surface area contributed by atoms with Crippen LogP contribution in [0.25, 0.3) is 0 Å². The summed E-state index contributed by atoms with van der Waals surface area (Å²) in [7, 11) is 1.92. The molecule has 9 heteroatoms. The number of halogens is 1. The van der Waals surface area contributed by atoms with E-state index in [-0.39, 0.29) is 24.1 Å². The highest BCUT2D eigenvalue weighted by Crippen LogP contribution is 2.22. The lowest BCUT2D eigenvalue weighted by atomic mass is 10.1. The lowest BCUT2D eigenvalue weighted by Crippen LogP contribution is -2.22. The maximum Gasteiger partial charge on any atom is 0.287 e. The maximum absolute atomic E-state index is 13.0. The molecule has 0 unspecified atom stereocenters. The Hall–Kier alpha value is -3.85. The first-order valence-electron chi connectivity index (χ1n) is 10.1. The van der Waals surface area contributed by atoms with E-state index in [1.807, 2.05) is 23.9 Å². The summed E-state index contributed by atoms with van der Waals surface area (Å²) in [5.41, 5.74) is 1.73. The van der Waals surface area contributed by atoms with Crippen molar-refractivity contribution < 1.29 is 18.4 Å². The van der Waals surface area contributed by atoms with E-state index in [4.69, 9.17) is 4.42 Å².